The van der Waals surface area contributed by atoms with Crippen molar-refractivity contribution in [1.29, 1.82) is 0 Å². The second kappa shape index (κ2) is 10.9. The molecule has 214 valence electrons. The lowest BCUT2D eigenvalue weighted by Crippen LogP contribution is -2.38. The minimum absolute atomic E-state index is 0.113. The van der Waals surface area contributed by atoms with Gasteiger partial charge in [0.2, 0.25) is 11.8 Å². The Balaban J connectivity index is 1.50. The van der Waals surface area contributed by atoms with Crippen LogP contribution in [0, 0.1) is 23.7 Å². The zero-order chi connectivity index (χ0) is 29.6. The second-order valence-corrected chi connectivity index (χ2v) is 11.6. The minimum atomic E-state index is -1.61. The summed E-state index contributed by atoms with van der Waals surface area (Å²) in [5.41, 5.74) is 3.86. The molecule has 4 aromatic rings. The van der Waals surface area contributed by atoms with Crippen molar-refractivity contribution in [2.24, 2.45) is 23.7 Å². The van der Waals surface area contributed by atoms with Crippen LogP contribution in [-0.4, -0.2) is 38.3 Å². The molecule has 2 aromatic heterocycles. The first kappa shape index (κ1) is 27.2. The molecule has 1 saturated carbocycles. The molecule has 5 atom stereocenters. The van der Waals surface area contributed by atoms with Gasteiger partial charge >= 0.3 is 0 Å². The first-order chi connectivity index (χ1) is 21.1. The van der Waals surface area contributed by atoms with Gasteiger partial charge in [0.15, 0.2) is 5.60 Å². The Morgan fingerprint density at radius 1 is 0.814 bits per heavy atom. The van der Waals surface area contributed by atoms with Crippen LogP contribution in [0.25, 0.3) is 5.57 Å². The lowest BCUT2D eigenvalue weighted by Gasteiger charge is -2.36. The summed E-state index contributed by atoms with van der Waals surface area (Å²) in [7, 11) is 0. The first-order valence-electron chi connectivity index (χ1n) is 15.0. The molecule has 2 bridgehead atoms. The van der Waals surface area contributed by atoms with E-state index in [1.165, 1.54) is 4.90 Å². The van der Waals surface area contributed by atoms with Gasteiger partial charge in [0.25, 0.3) is 0 Å². The Morgan fingerprint density at radius 3 is 2.12 bits per heavy atom. The average molecular weight is 568 g/mol. The second-order valence-electron chi connectivity index (χ2n) is 11.6. The largest absolute Gasteiger partial charge is 0.375 e. The van der Waals surface area contributed by atoms with E-state index in [-0.39, 0.29) is 17.7 Å². The highest BCUT2D eigenvalue weighted by atomic mass is 16.3. The van der Waals surface area contributed by atoms with Crippen molar-refractivity contribution in [2.75, 3.05) is 6.54 Å². The van der Waals surface area contributed by atoms with Crippen molar-refractivity contribution < 1.29 is 14.7 Å². The summed E-state index contributed by atoms with van der Waals surface area (Å²) in [5, 5.41) is 12.9. The van der Waals surface area contributed by atoms with Gasteiger partial charge in [-0.2, -0.15) is 0 Å². The van der Waals surface area contributed by atoms with Crippen molar-refractivity contribution in [3.05, 3.63) is 149 Å². The van der Waals surface area contributed by atoms with E-state index in [1.807, 2.05) is 97.1 Å². The van der Waals surface area contributed by atoms with Crippen LogP contribution < -0.4 is 0 Å². The summed E-state index contributed by atoms with van der Waals surface area (Å²) in [6.45, 7) is 2.48. The predicted octanol–water partition coefficient (Wildman–Crippen LogP) is 5.80. The number of fused-ring (bicyclic) bond motifs is 5. The monoisotopic (exact) mass is 567 g/mol. The number of nitrogens with zero attached hydrogens (tertiary/aromatic N) is 3. The average Bonchev–Trinajstić information content (AvgIpc) is 3.68. The maximum atomic E-state index is 14.2. The Bertz CT molecular complexity index is 1640. The molecule has 3 heterocycles. The minimum Gasteiger partial charge on any atom is -0.375 e. The molecule has 6 nitrogen and oxygen atoms in total. The highest BCUT2D eigenvalue weighted by Gasteiger charge is 2.66. The van der Waals surface area contributed by atoms with Crippen LogP contribution in [0.1, 0.15) is 42.3 Å². The van der Waals surface area contributed by atoms with Crippen molar-refractivity contribution >= 4 is 17.4 Å². The summed E-state index contributed by atoms with van der Waals surface area (Å²) in [6, 6.07) is 30.9. The third kappa shape index (κ3) is 4.20. The Hall–Kier alpha value is -4.68. The number of carbonyl (C=O) groups excluding carboxylic acids is 2. The number of unbranched alkanes of at least 4 members (excludes halogenated alkanes) is 1. The van der Waals surface area contributed by atoms with E-state index >= 15 is 0 Å². The quantitative estimate of drug-likeness (QED) is 0.215. The third-order valence-electron chi connectivity index (χ3n) is 9.28. The van der Waals surface area contributed by atoms with E-state index in [0.717, 1.165) is 35.2 Å². The maximum absolute atomic E-state index is 14.2. The zero-order valence-electron chi connectivity index (χ0n) is 24.0. The smallest absolute Gasteiger partial charge is 0.234 e. The van der Waals surface area contributed by atoms with Crippen molar-refractivity contribution in [3.8, 4) is 0 Å². The molecule has 7 rings (SSSR count). The maximum Gasteiger partial charge on any atom is 0.234 e. The van der Waals surface area contributed by atoms with Crippen LogP contribution in [0.3, 0.4) is 0 Å². The van der Waals surface area contributed by atoms with Gasteiger partial charge < -0.3 is 5.11 Å². The Kier molecular flexibility index (Phi) is 6.86. The molecule has 1 saturated heterocycles. The van der Waals surface area contributed by atoms with Gasteiger partial charge in [-0.25, -0.2) is 0 Å². The van der Waals surface area contributed by atoms with Crippen molar-refractivity contribution in [2.45, 2.75) is 25.4 Å². The number of carbonyl (C=O) groups is 2. The lowest BCUT2D eigenvalue weighted by molar-refractivity contribution is -0.140. The lowest BCUT2D eigenvalue weighted by atomic mass is 9.71. The summed E-state index contributed by atoms with van der Waals surface area (Å²) >= 11 is 0. The number of pyridine rings is 2. The summed E-state index contributed by atoms with van der Waals surface area (Å²) in [5.74, 6) is -2.26. The van der Waals surface area contributed by atoms with Crippen LogP contribution in [0.5, 0.6) is 0 Å². The Morgan fingerprint density at radius 2 is 1.47 bits per heavy atom. The van der Waals surface area contributed by atoms with Gasteiger partial charge in [-0.05, 0) is 53.0 Å². The molecule has 2 fully saturated rings. The first-order valence-corrected chi connectivity index (χ1v) is 15.0. The standard InChI is InChI=1S/C37H33N3O3/c1-2-3-22-40-35(41)32-26-23-27(37(43,25-16-8-5-9-17-25)29-19-11-13-21-39-29)33(34(32)36(40)42)31(26)30(24-14-6-4-7-15-24)28-18-10-12-20-38-28/h4-21,23,26,32-34,43H,2-3,22H2,1H3. The van der Waals surface area contributed by atoms with Gasteiger partial charge in [-0.3, -0.25) is 24.5 Å². The number of rotatable bonds is 8. The van der Waals surface area contributed by atoms with E-state index in [4.69, 9.17) is 4.98 Å². The van der Waals surface area contributed by atoms with E-state index in [0.29, 0.717) is 23.4 Å². The fraction of sp³-hybridized carbons (Fsp3) is 0.243. The number of likely N-dealkylation sites (tertiary alicyclic amines) is 1. The van der Waals surface area contributed by atoms with Crippen LogP contribution in [-0.2, 0) is 15.2 Å². The molecule has 0 radical (unpaired) electrons. The van der Waals surface area contributed by atoms with Gasteiger partial charge in [0, 0.05) is 36.3 Å². The van der Waals surface area contributed by atoms with E-state index in [9.17, 15) is 14.7 Å². The number of imide groups is 1. The number of amides is 2. The molecule has 43 heavy (non-hydrogen) atoms. The number of hydrogen-bond acceptors (Lipinski definition) is 5. The number of hydrogen-bond donors (Lipinski definition) is 1. The van der Waals surface area contributed by atoms with E-state index in [1.54, 1.807) is 12.4 Å². The van der Waals surface area contributed by atoms with E-state index in [2.05, 4.69) is 18.0 Å². The van der Waals surface area contributed by atoms with E-state index < -0.39 is 23.4 Å². The molecular weight excluding hydrogens is 534 g/mol. The highest BCUT2D eigenvalue weighted by Crippen LogP contribution is 2.64. The Labute approximate surface area is 251 Å². The van der Waals surface area contributed by atoms with Gasteiger partial charge in [0.05, 0.1) is 23.2 Å². The molecule has 1 N–H and O–H groups in total. The molecule has 2 aliphatic carbocycles. The van der Waals surface area contributed by atoms with Gasteiger partial charge in [-0.1, -0.05) is 92.2 Å². The number of benzene rings is 2. The molecule has 2 amide bonds. The number of aromatic nitrogens is 2. The van der Waals surface area contributed by atoms with Gasteiger partial charge in [-0.15, -0.1) is 0 Å². The molecule has 5 unspecified atom stereocenters. The SMILES string of the molecule is CCCCN1C(=O)C2C3C=C(C(O)(c4ccccc4)c4ccccn4)C(C3=C(c3ccccc3)c3ccccn3)C2C1=O. The van der Waals surface area contributed by atoms with Crippen molar-refractivity contribution in [3.63, 3.8) is 0 Å². The van der Waals surface area contributed by atoms with Gasteiger partial charge in [0.1, 0.15) is 0 Å². The normalized spacial score (nSPS) is 25.0. The summed E-state index contributed by atoms with van der Waals surface area (Å²) < 4.78 is 0. The summed E-state index contributed by atoms with van der Waals surface area (Å²) in [6.07, 6.45) is 7.15. The van der Waals surface area contributed by atoms with Crippen LogP contribution >= 0.6 is 0 Å². The molecule has 3 aliphatic rings. The molecule has 6 heteroatoms. The highest BCUT2D eigenvalue weighted by molar-refractivity contribution is 6.08. The fourth-order valence-electron chi connectivity index (χ4n) is 7.45. The van der Waals surface area contributed by atoms with Crippen LogP contribution in [0.4, 0.5) is 0 Å². The van der Waals surface area contributed by atoms with Crippen molar-refractivity contribution in [1.82, 2.24) is 14.9 Å². The zero-order valence-corrected chi connectivity index (χ0v) is 24.0. The predicted molar refractivity (Wildman–Crippen MR) is 164 cm³/mol. The topological polar surface area (TPSA) is 83.4 Å². The third-order valence-corrected chi connectivity index (χ3v) is 9.28. The molecular formula is C37H33N3O3. The molecule has 2 aromatic carbocycles. The molecule has 1 aliphatic heterocycles. The van der Waals surface area contributed by atoms with Crippen LogP contribution in [0.15, 0.2) is 127 Å². The molecule has 0 spiro atoms. The number of aliphatic hydroxyl groups is 1. The summed E-state index contributed by atoms with van der Waals surface area (Å²) in [4.78, 5) is 39.1. The number of allylic oxidation sites excluding steroid dienone is 2. The fourth-order valence-corrected chi connectivity index (χ4v) is 7.45. The van der Waals surface area contributed by atoms with Crippen LogP contribution in [0.2, 0.25) is 0 Å².